The lowest BCUT2D eigenvalue weighted by atomic mass is 10.2. The Balaban J connectivity index is 2.86. The molecule has 1 aromatic carbocycles. The lowest BCUT2D eigenvalue weighted by Crippen LogP contribution is -1.97. The fourth-order valence-corrected chi connectivity index (χ4v) is 0.841. The molecule has 0 unspecified atom stereocenters. The Hall–Kier alpha value is -1.02. The minimum atomic E-state index is -0.806. The summed E-state index contributed by atoms with van der Waals surface area (Å²) < 4.78 is 4.67. The van der Waals surface area contributed by atoms with Gasteiger partial charge in [0.15, 0.2) is 0 Å². The summed E-state index contributed by atoms with van der Waals surface area (Å²) in [4.78, 5) is 10.3. The average molecular weight is 171 g/mol. The first kappa shape index (κ1) is 8.08. The highest BCUT2D eigenvalue weighted by atomic mass is 35.5. The smallest absolute Gasteiger partial charge is 0.409 e. The van der Waals surface area contributed by atoms with Crippen LogP contribution in [-0.4, -0.2) is 5.43 Å². The molecule has 1 rings (SSSR count). The van der Waals surface area contributed by atoms with Gasteiger partial charge in [0.1, 0.15) is 5.75 Å². The Morgan fingerprint density at radius 1 is 1.45 bits per heavy atom. The van der Waals surface area contributed by atoms with Crippen LogP contribution in [-0.2, 0) is 0 Å². The molecule has 0 N–H and O–H groups in total. The number of halogens is 1. The van der Waals surface area contributed by atoms with Crippen LogP contribution in [0.2, 0.25) is 0 Å². The van der Waals surface area contributed by atoms with Crippen LogP contribution >= 0.6 is 11.6 Å². The second-order valence-corrected chi connectivity index (χ2v) is 2.41. The van der Waals surface area contributed by atoms with E-state index in [4.69, 9.17) is 11.6 Å². The van der Waals surface area contributed by atoms with E-state index in [1.165, 1.54) is 0 Å². The minimum absolute atomic E-state index is 0.507. The molecule has 0 atom stereocenters. The highest BCUT2D eigenvalue weighted by Crippen LogP contribution is 2.16. The van der Waals surface area contributed by atoms with E-state index in [1.54, 1.807) is 12.1 Å². The van der Waals surface area contributed by atoms with Crippen molar-refractivity contribution in [2.45, 2.75) is 6.92 Å². The maximum atomic E-state index is 10.3. The molecule has 0 aliphatic rings. The van der Waals surface area contributed by atoms with Gasteiger partial charge in [0.2, 0.25) is 0 Å². The predicted molar refractivity (Wildman–Crippen MR) is 43.1 cm³/mol. The normalized spacial score (nSPS) is 9.27. The summed E-state index contributed by atoms with van der Waals surface area (Å²) in [6.07, 6.45) is 0. The largest absolute Gasteiger partial charge is 0.414 e. The summed E-state index contributed by atoms with van der Waals surface area (Å²) in [5.74, 6) is 0.507. The Kier molecular flexibility index (Phi) is 2.49. The fraction of sp³-hybridized carbons (Fsp3) is 0.125. The number of carbonyl (C=O) groups excluding carboxylic acids is 1. The number of carbonyl (C=O) groups is 1. The van der Waals surface area contributed by atoms with Crippen molar-refractivity contribution in [2.75, 3.05) is 0 Å². The van der Waals surface area contributed by atoms with Gasteiger partial charge in [-0.1, -0.05) is 18.2 Å². The number of benzene rings is 1. The lowest BCUT2D eigenvalue weighted by Gasteiger charge is -2.01. The second kappa shape index (κ2) is 3.39. The van der Waals surface area contributed by atoms with Gasteiger partial charge in [-0.05, 0) is 18.6 Å². The molecule has 0 heterocycles. The molecule has 2 nitrogen and oxygen atoms in total. The molecule has 0 spiro atoms. The minimum Gasteiger partial charge on any atom is -0.414 e. The molecular formula is C8H7ClO2. The first-order valence-corrected chi connectivity index (χ1v) is 3.51. The highest BCUT2D eigenvalue weighted by Gasteiger charge is 2.00. The van der Waals surface area contributed by atoms with Crippen molar-refractivity contribution in [1.82, 2.24) is 0 Å². The van der Waals surface area contributed by atoms with Crippen LogP contribution in [0, 0.1) is 6.92 Å². The van der Waals surface area contributed by atoms with Gasteiger partial charge >= 0.3 is 5.43 Å². The van der Waals surface area contributed by atoms with E-state index >= 15 is 0 Å². The third kappa shape index (κ3) is 2.24. The number of para-hydroxylation sites is 1. The van der Waals surface area contributed by atoms with E-state index in [9.17, 15) is 4.79 Å². The number of ether oxygens (including phenoxy) is 1. The van der Waals surface area contributed by atoms with E-state index in [0.29, 0.717) is 5.75 Å². The van der Waals surface area contributed by atoms with Crippen LogP contribution in [0.5, 0.6) is 5.75 Å². The van der Waals surface area contributed by atoms with Crippen molar-refractivity contribution in [3.63, 3.8) is 0 Å². The van der Waals surface area contributed by atoms with Crippen molar-refractivity contribution in [1.29, 1.82) is 0 Å². The lowest BCUT2D eigenvalue weighted by molar-refractivity contribution is 0.225. The topological polar surface area (TPSA) is 26.3 Å². The van der Waals surface area contributed by atoms with Gasteiger partial charge in [-0.2, -0.15) is 0 Å². The molecule has 0 radical (unpaired) electrons. The monoisotopic (exact) mass is 170 g/mol. The Morgan fingerprint density at radius 2 is 2.09 bits per heavy atom. The van der Waals surface area contributed by atoms with Gasteiger partial charge in [0, 0.05) is 11.6 Å². The van der Waals surface area contributed by atoms with E-state index in [0.717, 1.165) is 5.56 Å². The summed E-state index contributed by atoms with van der Waals surface area (Å²) in [6.45, 7) is 1.84. The maximum absolute atomic E-state index is 10.3. The standard InChI is InChI=1S/C8H7ClO2/c1-6-4-2-3-5-7(6)11-8(9)10/h2-5H,1H3. The highest BCUT2D eigenvalue weighted by molar-refractivity contribution is 6.61. The molecule has 0 saturated heterocycles. The van der Waals surface area contributed by atoms with Gasteiger partial charge < -0.3 is 4.74 Å². The molecule has 0 bridgehead atoms. The summed E-state index contributed by atoms with van der Waals surface area (Å²) >= 11 is 5.02. The molecule has 0 aromatic heterocycles. The number of rotatable bonds is 1. The van der Waals surface area contributed by atoms with Crippen molar-refractivity contribution in [3.8, 4) is 5.75 Å². The first-order valence-electron chi connectivity index (χ1n) is 3.13. The molecular weight excluding hydrogens is 164 g/mol. The van der Waals surface area contributed by atoms with Crippen LogP contribution in [0.15, 0.2) is 24.3 Å². The molecule has 0 aliphatic carbocycles. The molecule has 11 heavy (non-hydrogen) atoms. The van der Waals surface area contributed by atoms with Crippen molar-refractivity contribution in [3.05, 3.63) is 29.8 Å². The van der Waals surface area contributed by atoms with Gasteiger partial charge in [-0.25, -0.2) is 4.79 Å². The first-order chi connectivity index (χ1) is 5.20. The number of aryl methyl sites for hydroxylation is 1. The Bertz CT molecular complexity index is 271. The summed E-state index contributed by atoms with van der Waals surface area (Å²) in [7, 11) is 0. The number of hydrogen-bond donors (Lipinski definition) is 0. The molecule has 0 aliphatic heterocycles. The van der Waals surface area contributed by atoms with Gasteiger partial charge in [-0.15, -0.1) is 0 Å². The van der Waals surface area contributed by atoms with Crippen LogP contribution in [0.4, 0.5) is 4.79 Å². The maximum Gasteiger partial charge on any atom is 0.409 e. The van der Waals surface area contributed by atoms with Crippen LogP contribution in [0.1, 0.15) is 5.56 Å². The van der Waals surface area contributed by atoms with E-state index in [-0.39, 0.29) is 0 Å². The predicted octanol–water partition coefficient (Wildman–Crippen LogP) is 2.73. The molecule has 3 heteroatoms. The molecule has 1 aromatic rings. The van der Waals surface area contributed by atoms with Crippen LogP contribution in [0.25, 0.3) is 0 Å². The van der Waals surface area contributed by atoms with Crippen molar-refractivity contribution < 1.29 is 9.53 Å². The van der Waals surface area contributed by atoms with E-state index in [1.807, 2.05) is 19.1 Å². The summed E-state index contributed by atoms with van der Waals surface area (Å²) in [5, 5.41) is 0. The zero-order valence-corrected chi connectivity index (χ0v) is 6.76. The molecule has 0 fully saturated rings. The second-order valence-electron chi connectivity index (χ2n) is 2.11. The molecule has 0 amide bonds. The van der Waals surface area contributed by atoms with Gasteiger partial charge in [0.05, 0.1) is 0 Å². The van der Waals surface area contributed by atoms with Crippen molar-refractivity contribution in [2.24, 2.45) is 0 Å². The average Bonchev–Trinajstić information content (AvgIpc) is 1.93. The Morgan fingerprint density at radius 3 is 2.64 bits per heavy atom. The zero-order valence-electron chi connectivity index (χ0n) is 6.00. The fourth-order valence-electron chi connectivity index (χ4n) is 0.757. The van der Waals surface area contributed by atoms with Crippen molar-refractivity contribution >= 4 is 17.0 Å². The van der Waals surface area contributed by atoms with Crippen LogP contribution < -0.4 is 4.74 Å². The van der Waals surface area contributed by atoms with Crippen LogP contribution in [0.3, 0.4) is 0 Å². The number of hydrogen-bond acceptors (Lipinski definition) is 2. The summed E-state index contributed by atoms with van der Waals surface area (Å²) in [6, 6.07) is 7.17. The summed E-state index contributed by atoms with van der Waals surface area (Å²) in [5.41, 5.74) is 0.0841. The van der Waals surface area contributed by atoms with Gasteiger partial charge in [-0.3, -0.25) is 0 Å². The zero-order chi connectivity index (χ0) is 8.27. The molecule has 58 valence electrons. The Labute approximate surface area is 69.7 Å². The molecule has 0 saturated carbocycles. The third-order valence-corrected chi connectivity index (χ3v) is 1.36. The SMILES string of the molecule is Cc1ccccc1OC(=O)Cl. The quantitative estimate of drug-likeness (QED) is 0.606. The van der Waals surface area contributed by atoms with E-state index in [2.05, 4.69) is 4.74 Å². The van der Waals surface area contributed by atoms with E-state index < -0.39 is 5.43 Å². The third-order valence-electron chi connectivity index (χ3n) is 1.28. The van der Waals surface area contributed by atoms with Gasteiger partial charge in [0.25, 0.3) is 0 Å².